The number of hydrogen-bond donors (Lipinski definition) is 1. The number of quaternary nitrogens is 1. The zero-order valence-electron chi connectivity index (χ0n) is 12.7. The molecule has 0 aliphatic heterocycles. The third-order valence-corrected chi connectivity index (χ3v) is 3.18. The predicted octanol–water partition coefficient (Wildman–Crippen LogP) is 2.93. The summed E-state index contributed by atoms with van der Waals surface area (Å²) in [6.07, 6.45) is 11.7. The first-order valence-electron chi connectivity index (χ1n) is 6.66. The van der Waals surface area contributed by atoms with E-state index in [0.29, 0.717) is 6.42 Å². The smallest absolute Gasteiger partial charge is 0.726 e. The van der Waals surface area contributed by atoms with E-state index >= 15 is 0 Å². The van der Waals surface area contributed by atoms with Gasteiger partial charge in [0.1, 0.15) is 0 Å². The van der Waals surface area contributed by atoms with Gasteiger partial charge in [0.25, 0.3) is 0 Å². The van der Waals surface area contributed by atoms with Crippen LogP contribution in [0.5, 0.6) is 0 Å². The summed E-state index contributed by atoms with van der Waals surface area (Å²) in [7, 11) is -4.48. The molecule has 0 aliphatic rings. The summed E-state index contributed by atoms with van der Waals surface area (Å²) in [5, 5.41) is 0. The van der Waals surface area contributed by atoms with Crippen molar-refractivity contribution in [1.29, 1.82) is 0 Å². The van der Waals surface area contributed by atoms with E-state index in [9.17, 15) is 13.0 Å². The Balaban J connectivity index is -0.000000427. The number of rotatable bonds is 12. The van der Waals surface area contributed by atoms with E-state index in [1.165, 1.54) is 44.9 Å². The third-order valence-electron chi connectivity index (χ3n) is 2.73. The number of hydrogen-bond acceptors (Lipinski definition) is 4. The van der Waals surface area contributed by atoms with Crippen molar-refractivity contribution in [2.75, 3.05) is 6.61 Å². The average molecular weight is 357 g/mol. The Bertz CT molecular complexity index is 263. The summed E-state index contributed by atoms with van der Waals surface area (Å²) < 4.78 is 34.5. The maximum absolute atomic E-state index is 10.1. The second-order valence-corrected chi connectivity index (χ2v) is 5.46. The van der Waals surface area contributed by atoms with E-state index in [2.05, 4.69) is 11.1 Å². The van der Waals surface area contributed by atoms with Gasteiger partial charge in [0, 0.05) is 0 Å². The Kier molecular flexibility index (Phi) is 27.5. The molecule has 0 aliphatic carbocycles. The normalized spacial score (nSPS) is 10.1. The molecule has 0 aromatic rings. The fourth-order valence-electron chi connectivity index (χ4n) is 1.75. The van der Waals surface area contributed by atoms with Gasteiger partial charge in [-0.2, -0.15) is 0 Å². The van der Waals surface area contributed by atoms with E-state index < -0.39 is 10.4 Å². The van der Waals surface area contributed by atoms with Gasteiger partial charge in [0.05, 0.1) is 6.61 Å². The summed E-state index contributed by atoms with van der Waals surface area (Å²) in [5.74, 6) is 0. The quantitative estimate of drug-likeness (QED) is 0.249. The van der Waals surface area contributed by atoms with Crippen molar-refractivity contribution in [2.24, 2.45) is 0 Å². The molecule has 8 heteroatoms. The third kappa shape index (κ3) is 26.8. The van der Waals surface area contributed by atoms with Crippen LogP contribution in [0, 0.1) is 0 Å². The molecule has 0 atom stereocenters. The van der Waals surface area contributed by atoms with Crippen LogP contribution in [0.3, 0.4) is 0 Å². The van der Waals surface area contributed by atoms with E-state index in [4.69, 9.17) is 0 Å². The Morgan fingerprint density at radius 2 is 1.20 bits per heavy atom. The van der Waals surface area contributed by atoms with Crippen LogP contribution in [-0.2, 0) is 31.7 Å². The predicted molar refractivity (Wildman–Crippen MR) is 77.1 cm³/mol. The Morgan fingerprint density at radius 1 is 0.850 bits per heavy atom. The standard InChI is InChI=1S/C12H26O4S.Fe.H3N.H2O/c1-2-3-4-5-6-7-8-9-10-11-12-16-17(13,14)15;;;/h2-12H2,1H3,(H,13,14,15);;1H3;1H2/q;+3;;. The summed E-state index contributed by atoms with van der Waals surface area (Å²) in [5.41, 5.74) is 0. The van der Waals surface area contributed by atoms with Gasteiger partial charge in [0.15, 0.2) is 0 Å². The van der Waals surface area contributed by atoms with Gasteiger partial charge in [-0.25, -0.2) is 8.42 Å². The molecule has 6 N–H and O–H groups in total. The largest absolute Gasteiger partial charge is 3.00 e. The van der Waals surface area contributed by atoms with E-state index in [0.717, 1.165) is 12.8 Å². The van der Waals surface area contributed by atoms with Gasteiger partial charge >= 0.3 is 17.1 Å². The Morgan fingerprint density at radius 3 is 1.55 bits per heavy atom. The molecule has 0 amide bonds. The van der Waals surface area contributed by atoms with Gasteiger partial charge < -0.3 is 16.2 Å². The molecule has 0 aromatic carbocycles. The molecule has 0 spiro atoms. The fraction of sp³-hybridized carbons (Fsp3) is 1.00. The van der Waals surface area contributed by atoms with Crippen LogP contribution in [0.4, 0.5) is 0 Å². The fourth-order valence-corrected chi connectivity index (χ4v) is 2.07. The van der Waals surface area contributed by atoms with Gasteiger partial charge in [-0.05, 0) is 6.42 Å². The van der Waals surface area contributed by atoms with Crippen molar-refractivity contribution in [2.45, 2.75) is 71.1 Å². The van der Waals surface area contributed by atoms with Crippen LogP contribution in [0.15, 0.2) is 0 Å². The van der Waals surface area contributed by atoms with Crippen LogP contribution in [0.2, 0.25) is 0 Å². The van der Waals surface area contributed by atoms with Crippen LogP contribution >= 0.6 is 0 Å². The molecule has 0 unspecified atom stereocenters. The van der Waals surface area contributed by atoms with Crippen molar-refractivity contribution in [1.82, 2.24) is 6.15 Å². The Labute approximate surface area is 134 Å². The first-order chi connectivity index (χ1) is 8.06. The molecular weight excluding hydrogens is 326 g/mol. The zero-order chi connectivity index (χ0) is 13.0. The van der Waals surface area contributed by atoms with Crippen LogP contribution < -0.4 is 6.15 Å². The first kappa shape index (κ1) is 28.5. The van der Waals surface area contributed by atoms with Crippen LogP contribution in [0.1, 0.15) is 71.1 Å². The minimum absolute atomic E-state index is 0. The van der Waals surface area contributed by atoms with Gasteiger partial charge in [-0.15, -0.1) is 0 Å². The molecule has 0 rings (SSSR count). The molecule has 0 aromatic heterocycles. The maximum atomic E-state index is 10.1. The minimum Gasteiger partial charge on any atom is -0.726 e. The molecule has 0 fully saturated rings. The topological polar surface area (TPSA) is 134 Å². The summed E-state index contributed by atoms with van der Waals surface area (Å²) in [6.45, 7) is 2.24. The van der Waals surface area contributed by atoms with E-state index in [1.54, 1.807) is 0 Å². The average Bonchev–Trinajstić information content (AvgIpc) is 2.24. The van der Waals surface area contributed by atoms with Crippen molar-refractivity contribution in [3.8, 4) is 0 Å². The molecule has 0 saturated heterocycles. The second-order valence-electron chi connectivity index (χ2n) is 4.41. The summed E-state index contributed by atoms with van der Waals surface area (Å²) in [6, 6.07) is 0. The van der Waals surface area contributed by atoms with E-state index in [-0.39, 0.29) is 35.3 Å². The van der Waals surface area contributed by atoms with Gasteiger partial charge in [0.2, 0.25) is 10.4 Å². The molecule has 0 saturated carbocycles. The molecule has 6 nitrogen and oxygen atoms in total. The molecule has 20 heavy (non-hydrogen) atoms. The van der Waals surface area contributed by atoms with Crippen LogP contribution in [-0.4, -0.2) is 25.1 Å². The summed E-state index contributed by atoms with van der Waals surface area (Å²) >= 11 is 0. The van der Waals surface area contributed by atoms with Crippen molar-refractivity contribution >= 4 is 10.4 Å². The zero-order valence-corrected chi connectivity index (χ0v) is 14.6. The first-order valence-corrected chi connectivity index (χ1v) is 8.00. The molecule has 1 radical (unpaired) electrons. The SMILES string of the molecule is CCCCCCCCCCCCOS(=O)(=O)[O-].O.[Fe+3].[NH4+]. The maximum Gasteiger partial charge on any atom is 3.00 e. The van der Waals surface area contributed by atoms with Gasteiger partial charge in [-0.1, -0.05) is 64.7 Å². The van der Waals surface area contributed by atoms with Gasteiger partial charge in [-0.3, -0.25) is 4.18 Å². The van der Waals surface area contributed by atoms with Crippen LogP contribution in [0.25, 0.3) is 0 Å². The Hall–Kier alpha value is 0.309. The molecule has 0 bridgehead atoms. The molecule has 125 valence electrons. The second kappa shape index (κ2) is 19.3. The summed E-state index contributed by atoms with van der Waals surface area (Å²) in [4.78, 5) is 0. The van der Waals surface area contributed by atoms with E-state index in [1.807, 2.05) is 0 Å². The van der Waals surface area contributed by atoms with Crippen molar-refractivity contribution in [3.63, 3.8) is 0 Å². The monoisotopic (exact) mass is 357 g/mol. The number of unbranched alkanes of at least 4 members (excludes halogenated alkanes) is 9. The van der Waals surface area contributed by atoms with Crippen molar-refractivity contribution < 1.29 is 39.7 Å². The van der Waals surface area contributed by atoms with Crippen molar-refractivity contribution in [3.05, 3.63) is 0 Å². The molecule has 0 heterocycles. The molecular formula is C12H31FeNO5S+3. The minimum atomic E-state index is -4.48.